The van der Waals surface area contributed by atoms with E-state index in [2.05, 4.69) is 16.0 Å². The highest BCUT2D eigenvalue weighted by atomic mass is 32.2. The molecule has 11 nitrogen and oxygen atoms in total. The molecule has 0 saturated heterocycles. The van der Waals surface area contributed by atoms with Crippen LogP contribution in [0.2, 0.25) is 0 Å². The van der Waals surface area contributed by atoms with Crippen LogP contribution in [0.5, 0.6) is 0 Å². The molecule has 0 radical (unpaired) electrons. The van der Waals surface area contributed by atoms with E-state index in [4.69, 9.17) is 16.6 Å². The Hall–Kier alpha value is -1.99. The number of thioether (sulfide) groups is 2. The van der Waals surface area contributed by atoms with Gasteiger partial charge in [0.2, 0.25) is 23.6 Å². The average molecular weight is 480 g/mol. The Bertz CT molecular complexity index is 637. The summed E-state index contributed by atoms with van der Waals surface area (Å²) in [6.45, 7) is 1.31. The Morgan fingerprint density at radius 2 is 1.32 bits per heavy atom. The van der Waals surface area contributed by atoms with Gasteiger partial charge in [0.25, 0.3) is 0 Å². The van der Waals surface area contributed by atoms with Crippen LogP contribution in [0.4, 0.5) is 0 Å². The van der Waals surface area contributed by atoms with Crippen molar-refractivity contribution in [3.05, 3.63) is 0 Å². The first-order chi connectivity index (χ1) is 14.5. The van der Waals surface area contributed by atoms with Crippen molar-refractivity contribution in [2.24, 2.45) is 11.5 Å². The van der Waals surface area contributed by atoms with Crippen LogP contribution in [-0.4, -0.2) is 82.9 Å². The lowest BCUT2D eigenvalue weighted by atomic mass is 10.1. The molecule has 4 atom stereocenters. The molecular formula is C18H33N5O6S2. The quantitative estimate of drug-likeness (QED) is 0.155. The van der Waals surface area contributed by atoms with E-state index in [9.17, 15) is 24.0 Å². The van der Waals surface area contributed by atoms with Gasteiger partial charge in [-0.2, -0.15) is 23.5 Å². The summed E-state index contributed by atoms with van der Waals surface area (Å²) in [6, 6.07) is -4.11. The Morgan fingerprint density at radius 1 is 0.839 bits per heavy atom. The van der Waals surface area contributed by atoms with E-state index < -0.39 is 53.8 Å². The number of primary amides is 1. The van der Waals surface area contributed by atoms with Crippen LogP contribution in [0, 0.1) is 0 Å². The van der Waals surface area contributed by atoms with Gasteiger partial charge in [0.15, 0.2) is 0 Å². The van der Waals surface area contributed by atoms with Gasteiger partial charge in [-0.05, 0) is 50.2 Å². The van der Waals surface area contributed by atoms with Gasteiger partial charge < -0.3 is 32.5 Å². The van der Waals surface area contributed by atoms with Crippen LogP contribution in [0.1, 0.15) is 32.6 Å². The monoisotopic (exact) mass is 479 g/mol. The van der Waals surface area contributed by atoms with Crippen molar-refractivity contribution in [2.75, 3.05) is 24.0 Å². The molecule has 0 aliphatic carbocycles. The number of rotatable bonds is 16. The first-order valence-electron chi connectivity index (χ1n) is 9.69. The minimum Gasteiger partial charge on any atom is -0.480 e. The van der Waals surface area contributed by atoms with Crippen LogP contribution in [0.25, 0.3) is 0 Å². The zero-order valence-corrected chi connectivity index (χ0v) is 19.6. The summed E-state index contributed by atoms with van der Waals surface area (Å²) in [6.07, 6.45) is 4.12. The molecular weight excluding hydrogens is 446 g/mol. The molecule has 0 aliphatic rings. The summed E-state index contributed by atoms with van der Waals surface area (Å²) in [7, 11) is 0. The average Bonchev–Trinajstić information content (AvgIpc) is 2.71. The number of aliphatic carboxylic acids is 1. The maximum Gasteiger partial charge on any atom is 0.325 e. The zero-order chi connectivity index (χ0) is 24.0. The lowest BCUT2D eigenvalue weighted by Crippen LogP contribution is -2.57. The molecule has 4 unspecified atom stereocenters. The molecule has 0 spiro atoms. The first-order valence-corrected chi connectivity index (χ1v) is 12.5. The summed E-state index contributed by atoms with van der Waals surface area (Å²) in [5.74, 6) is -2.57. The van der Waals surface area contributed by atoms with Crippen molar-refractivity contribution in [2.45, 2.75) is 56.8 Å². The van der Waals surface area contributed by atoms with Crippen molar-refractivity contribution in [1.82, 2.24) is 16.0 Å². The summed E-state index contributed by atoms with van der Waals surface area (Å²) in [5, 5.41) is 16.4. The molecule has 0 rings (SSSR count). The van der Waals surface area contributed by atoms with Gasteiger partial charge in [0.1, 0.15) is 18.1 Å². The number of hydrogen-bond donors (Lipinski definition) is 6. The standard InChI is InChI=1S/C18H33N5O6S2/c1-10(18(28)29)21-16(26)13(7-9-31-3)23-17(27)12(4-5-14(20)24)22-15(25)11(19)6-8-30-2/h10-13H,4-9,19H2,1-3H3,(H2,20,24)(H,21,26)(H,22,25)(H,23,27)(H,28,29). The molecule has 0 aromatic heterocycles. The van der Waals surface area contributed by atoms with Gasteiger partial charge in [-0.1, -0.05) is 0 Å². The number of nitrogens with one attached hydrogen (secondary N) is 3. The van der Waals surface area contributed by atoms with E-state index in [1.54, 1.807) is 0 Å². The molecule has 0 bridgehead atoms. The molecule has 0 aromatic carbocycles. The van der Waals surface area contributed by atoms with Gasteiger partial charge in [0, 0.05) is 6.42 Å². The Balaban J connectivity index is 5.31. The van der Waals surface area contributed by atoms with Crippen LogP contribution >= 0.6 is 23.5 Å². The zero-order valence-electron chi connectivity index (χ0n) is 18.0. The second-order valence-corrected chi connectivity index (χ2v) is 8.84. The van der Waals surface area contributed by atoms with E-state index in [-0.39, 0.29) is 19.3 Å². The van der Waals surface area contributed by atoms with Crippen LogP contribution in [0.3, 0.4) is 0 Å². The third-order valence-electron chi connectivity index (χ3n) is 4.25. The van der Waals surface area contributed by atoms with Crippen molar-refractivity contribution in [3.63, 3.8) is 0 Å². The van der Waals surface area contributed by atoms with Gasteiger partial charge in [-0.15, -0.1) is 0 Å². The molecule has 13 heteroatoms. The lowest BCUT2D eigenvalue weighted by molar-refractivity contribution is -0.141. The van der Waals surface area contributed by atoms with Crippen LogP contribution in [0.15, 0.2) is 0 Å². The SMILES string of the molecule is CSCCC(N)C(=O)NC(CCC(N)=O)C(=O)NC(CCSC)C(=O)NC(C)C(=O)O. The molecule has 178 valence electrons. The van der Waals surface area contributed by atoms with E-state index in [0.717, 1.165) is 0 Å². The van der Waals surface area contributed by atoms with Gasteiger partial charge in [-0.3, -0.25) is 24.0 Å². The van der Waals surface area contributed by atoms with E-state index >= 15 is 0 Å². The highest BCUT2D eigenvalue weighted by Gasteiger charge is 2.29. The summed E-state index contributed by atoms with van der Waals surface area (Å²) >= 11 is 2.97. The van der Waals surface area contributed by atoms with Crippen molar-refractivity contribution < 1.29 is 29.1 Å². The number of amides is 4. The molecule has 8 N–H and O–H groups in total. The van der Waals surface area contributed by atoms with E-state index in [1.165, 1.54) is 30.4 Å². The number of carbonyl (C=O) groups excluding carboxylic acids is 4. The molecule has 0 aromatic rings. The molecule has 4 amide bonds. The maximum atomic E-state index is 12.8. The maximum absolute atomic E-state index is 12.8. The van der Waals surface area contributed by atoms with Gasteiger partial charge in [-0.25, -0.2) is 0 Å². The molecule has 0 heterocycles. The number of carboxylic acids is 1. The fourth-order valence-corrected chi connectivity index (χ4v) is 3.32. The van der Waals surface area contributed by atoms with Crippen LogP contribution in [-0.2, 0) is 24.0 Å². The first kappa shape index (κ1) is 29.0. The summed E-state index contributed by atoms with van der Waals surface area (Å²) < 4.78 is 0. The predicted molar refractivity (Wildman–Crippen MR) is 122 cm³/mol. The van der Waals surface area contributed by atoms with Crippen molar-refractivity contribution in [1.29, 1.82) is 0 Å². The van der Waals surface area contributed by atoms with Gasteiger partial charge in [0.05, 0.1) is 6.04 Å². The molecule has 0 fully saturated rings. The number of carbonyl (C=O) groups is 5. The fourth-order valence-electron chi connectivity index (χ4n) is 2.36. The Morgan fingerprint density at radius 3 is 1.84 bits per heavy atom. The molecule has 31 heavy (non-hydrogen) atoms. The minimum absolute atomic E-state index is 0.0649. The van der Waals surface area contributed by atoms with Crippen molar-refractivity contribution >= 4 is 53.1 Å². The van der Waals surface area contributed by atoms with Crippen molar-refractivity contribution in [3.8, 4) is 0 Å². The summed E-state index contributed by atoms with van der Waals surface area (Å²) in [5.41, 5.74) is 11.0. The molecule has 0 saturated carbocycles. The summed E-state index contributed by atoms with van der Waals surface area (Å²) in [4.78, 5) is 59.8. The second-order valence-electron chi connectivity index (χ2n) is 6.87. The smallest absolute Gasteiger partial charge is 0.325 e. The van der Waals surface area contributed by atoms with E-state index in [0.29, 0.717) is 17.9 Å². The number of carboxylic acid groups (broad SMARTS) is 1. The Labute approximate surface area is 190 Å². The van der Waals surface area contributed by atoms with Gasteiger partial charge >= 0.3 is 5.97 Å². The topological polar surface area (TPSA) is 194 Å². The second kappa shape index (κ2) is 15.8. The Kier molecular flexibility index (Phi) is 14.7. The predicted octanol–water partition coefficient (Wildman–Crippen LogP) is -1.36. The fraction of sp³-hybridized carbons (Fsp3) is 0.722. The van der Waals surface area contributed by atoms with Crippen LogP contribution < -0.4 is 27.4 Å². The third kappa shape index (κ3) is 12.5. The number of nitrogens with two attached hydrogens (primary N) is 2. The third-order valence-corrected chi connectivity index (χ3v) is 5.54. The molecule has 0 aliphatic heterocycles. The number of hydrogen-bond acceptors (Lipinski definition) is 8. The lowest BCUT2D eigenvalue weighted by Gasteiger charge is -2.24. The largest absolute Gasteiger partial charge is 0.480 e. The van der Waals surface area contributed by atoms with E-state index in [1.807, 2.05) is 12.5 Å². The highest BCUT2D eigenvalue weighted by Crippen LogP contribution is 2.06. The minimum atomic E-state index is -1.21. The highest BCUT2D eigenvalue weighted by molar-refractivity contribution is 7.98. The normalized spacial score (nSPS) is 14.6.